The Morgan fingerprint density at radius 1 is 1.57 bits per heavy atom. The second-order valence-electron chi connectivity index (χ2n) is 3.40. The largest absolute Gasteiger partial charge is 0.396 e. The number of hydrogen-bond donors (Lipinski definition) is 3. The summed E-state index contributed by atoms with van der Waals surface area (Å²) in [5.74, 6) is 1.09. The predicted molar refractivity (Wildman–Crippen MR) is 55.8 cm³/mol. The number of nitrogens with two attached hydrogens (primary N) is 1. The van der Waals surface area contributed by atoms with Crippen molar-refractivity contribution in [2.24, 2.45) is 5.92 Å². The molecule has 0 amide bonds. The lowest BCUT2D eigenvalue weighted by Gasteiger charge is -2.18. The number of aromatic nitrogens is 2. The van der Waals surface area contributed by atoms with Gasteiger partial charge < -0.3 is 16.2 Å². The highest BCUT2D eigenvalue weighted by atomic mass is 16.3. The summed E-state index contributed by atoms with van der Waals surface area (Å²) in [5, 5.41) is 12.0. The third-order valence-corrected chi connectivity index (χ3v) is 2.18. The SMILES string of the molecule is CC(CO)C(C)Nc1nccc(N)n1. The highest BCUT2D eigenvalue weighted by Gasteiger charge is 2.11. The van der Waals surface area contributed by atoms with Crippen LogP contribution in [-0.2, 0) is 0 Å². The molecule has 4 N–H and O–H groups in total. The Morgan fingerprint density at radius 2 is 2.29 bits per heavy atom. The van der Waals surface area contributed by atoms with E-state index < -0.39 is 0 Å². The van der Waals surface area contributed by atoms with Gasteiger partial charge in [0.05, 0.1) is 0 Å². The fourth-order valence-electron chi connectivity index (χ4n) is 0.946. The van der Waals surface area contributed by atoms with Gasteiger partial charge in [0.2, 0.25) is 5.95 Å². The van der Waals surface area contributed by atoms with Crippen LogP contribution in [0.15, 0.2) is 12.3 Å². The minimum absolute atomic E-state index is 0.113. The number of aliphatic hydroxyl groups is 1. The first-order chi connectivity index (χ1) is 6.63. The maximum atomic E-state index is 8.93. The van der Waals surface area contributed by atoms with Crippen molar-refractivity contribution in [1.29, 1.82) is 0 Å². The summed E-state index contributed by atoms with van der Waals surface area (Å²) < 4.78 is 0. The summed E-state index contributed by atoms with van der Waals surface area (Å²) in [6.07, 6.45) is 1.60. The van der Waals surface area contributed by atoms with Gasteiger partial charge in [-0.3, -0.25) is 0 Å². The Hall–Kier alpha value is -1.36. The van der Waals surface area contributed by atoms with Crippen LogP contribution in [0.5, 0.6) is 0 Å². The highest BCUT2D eigenvalue weighted by Crippen LogP contribution is 2.08. The summed E-state index contributed by atoms with van der Waals surface area (Å²) >= 11 is 0. The average Bonchev–Trinajstić information content (AvgIpc) is 2.16. The molecule has 0 aromatic carbocycles. The molecule has 5 heteroatoms. The van der Waals surface area contributed by atoms with Gasteiger partial charge in [-0.1, -0.05) is 6.92 Å². The Morgan fingerprint density at radius 3 is 2.86 bits per heavy atom. The molecule has 0 aliphatic carbocycles. The van der Waals surface area contributed by atoms with Gasteiger partial charge in [-0.2, -0.15) is 4.98 Å². The second kappa shape index (κ2) is 4.76. The van der Waals surface area contributed by atoms with E-state index in [9.17, 15) is 0 Å². The summed E-state index contributed by atoms with van der Waals surface area (Å²) in [7, 11) is 0. The fraction of sp³-hybridized carbons (Fsp3) is 0.556. The van der Waals surface area contributed by atoms with E-state index in [0.29, 0.717) is 11.8 Å². The molecular formula is C9H16N4O. The molecule has 0 fully saturated rings. The van der Waals surface area contributed by atoms with E-state index in [-0.39, 0.29) is 18.6 Å². The molecule has 0 bridgehead atoms. The van der Waals surface area contributed by atoms with E-state index in [1.165, 1.54) is 0 Å². The minimum Gasteiger partial charge on any atom is -0.396 e. The van der Waals surface area contributed by atoms with E-state index in [1.807, 2.05) is 13.8 Å². The van der Waals surface area contributed by atoms with Crippen LogP contribution in [0.25, 0.3) is 0 Å². The van der Waals surface area contributed by atoms with Crippen LogP contribution in [-0.4, -0.2) is 27.7 Å². The molecule has 2 unspecified atom stereocenters. The van der Waals surface area contributed by atoms with E-state index in [1.54, 1.807) is 12.3 Å². The predicted octanol–water partition coefficient (Wildman–Crippen LogP) is 0.488. The van der Waals surface area contributed by atoms with E-state index >= 15 is 0 Å². The molecule has 2 atom stereocenters. The van der Waals surface area contributed by atoms with Gasteiger partial charge in [0.1, 0.15) is 5.82 Å². The molecular weight excluding hydrogens is 180 g/mol. The lowest BCUT2D eigenvalue weighted by atomic mass is 10.1. The highest BCUT2D eigenvalue weighted by molar-refractivity contribution is 5.35. The minimum atomic E-state index is 0.113. The van der Waals surface area contributed by atoms with Gasteiger partial charge in [-0.05, 0) is 18.9 Å². The Kier molecular flexibility index (Phi) is 3.64. The first kappa shape index (κ1) is 10.7. The number of rotatable bonds is 4. The van der Waals surface area contributed by atoms with Gasteiger partial charge in [0, 0.05) is 18.8 Å². The van der Waals surface area contributed by atoms with Gasteiger partial charge >= 0.3 is 0 Å². The summed E-state index contributed by atoms with van der Waals surface area (Å²) in [5.41, 5.74) is 5.50. The molecule has 78 valence electrons. The van der Waals surface area contributed by atoms with Crippen LogP contribution in [0, 0.1) is 5.92 Å². The van der Waals surface area contributed by atoms with E-state index in [4.69, 9.17) is 10.8 Å². The van der Waals surface area contributed by atoms with Crippen molar-refractivity contribution in [3.63, 3.8) is 0 Å². The normalized spacial score (nSPS) is 14.8. The zero-order chi connectivity index (χ0) is 10.6. The van der Waals surface area contributed by atoms with E-state index in [2.05, 4.69) is 15.3 Å². The molecule has 0 radical (unpaired) electrons. The zero-order valence-electron chi connectivity index (χ0n) is 8.44. The summed E-state index contributed by atoms with van der Waals surface area (Å²) in [6, 6.07) is 1.74. The van der Waals surface area contributed by atoms with Crippen LogP contribution in [0.1, 0.15) is 13.8 Å². The molecule has 1 aromatic heterocycles. The smallest absolute Gasteiger partial charge is 0.224 e. The van der Waals surface area contributed by atoms with Gasteiger partial charge in [-0.15, -0.1) is 0 Å². The number of nitrogens with one attached hydrogen (secondary N) is 1. The fourth-order valence-corrected chi connectivity index (χ4v) is 0.946. The van der Waals surface area contributed by atoms with Crippen LogP contribution < -0.4 is 11.1 Å². The Bertz CT molecular complexity index is 292. The van der Waals surface area contributed by atoms with Crippen molar-refractivity contribution in [3.8, 4) is 0 Å². The van der Waals surface area contributed by atoms with Crippen molar-refractivity contribution >= 4 is 11.8 Å². The molecule has 0 aliphatic heterocycles. The molecule has 1 heterocycles. The first-order valence-electron chi connectivity index (χ1n) is 4.59. The molecule has 0 saturated carbocycles. The summed E-state index contributed by atoms with van der Waals surface area (Å²) in [6.45, 7) is 4.05. The second-order valence-corrected chi connectivity index (χ2v) is 3.40. The molecule has 1 rings (SSSR count). The van der Waals surface area contributed by atoms with Crippen molar-refractivity contribution in [1.82, 2.24) is 9.97 Å². The lowest BCUT2D eigenvalue weighted by molar-refractivity contribution is 0.226. The van der Waals surface area contributed by atoms with Crippen molar-refractivity contribution in [2.75, 3.05) is 17.7 Å². The monoisotopic (exact) mass is 196 g/mol. The van der Waals surface area contributed by atoms with Gasteiger partial charge in [-0.25, -0.2) is 4.98 Å². The number of nitrogen functional groups attached to an aromatic ring is 1. The van der Waals surface area contributed by atoms with Crippen LogP contribution in [0.3, 0.4) is 0 Å². The maximum absolute atomic E-state index is 8.93. The summed E-state index contributed by atoms with van der Waals surface area (Å²) in [4.78, 5) is 8.02. The quantitative estimate of drug-likeness (QED) is 0.652. The first-order valence-corrected chi connectivity index (χ1v) is 4.59. The molecule has 0 aliphatic rings. The maximum Gasteiger partial charge on any atom is 0.224 e. The Labute approximate surface area is 83.4 Å². The van der Waals surface area contributed by atoms with Crippen molar-refractivity contribution in [3.05, 3.63) is 12.3 Å². The standard InChI is InChI=1S/C9H16N4O/c1-6(5-14)7(2)12-9-11-4-3-8(10)13-9/h3-4,6-7,14H,5H2,1-2H3,(H3,10,11,12,13). The van der Waals surface area contributed by atoms with Crippen LogP contribution in [0.4, 0.5) is 11.8 Å². The number of aliphatic hydroxyl groups excluding tert-OH is 1. The third kappa shape index (κ3) is 2.85. The lowest BCUT2D eigenvalue weighted by Crippen LogP contribution is -2.27. The molecule has 0 spiro atoms. The molecule has 1 aromatic rings. The number of nitrogens with zero attached hydrogens (tertiary/aromatic N) is 2. The number of anilines is 2. The zero-order valence-corrected chi connectivity index (χ0v) is 8.44. The Balaban J connectivity index is 2.60. The van der Waals surface area contributed by atoms with Crippen LogP contribution >= 0.6 is 0 Å². The molecule has 0 saturated heterocycles. The van der Waals surface area contributed by atoms with Crippen LogP contribution in [0.2, 0.25) is 0 Å². The average molecular weight is 196 g/mol. The number of hydrogen-bond acceptors (Lipinski definition) is 5. The topological polar surface area (TPSA) is 84.1 Å². The van der Waals surface area contributed by atoms with Gasteiger partial charge in [0.25, 0.3) is 0 Å². The van der Waals surface area contributed by atoms with Crippen molar-refractivity contribution < 1.29 is 5.11 Å². The van der Waals surface area contributed by atoms with E-state index in [0.717, 1.165) is 0 Å². The third-order valence-electron chi connectivity index (χ3n) is 2.18. The van der Waals surface area contributed by atoms with Crippen molar-refractivity contribution in [2.45, 2.75) is 19.9 Å². The van der Waals surface area contributed by atoms with Gasteiger partial charge in [0.15, 0.2) is 0 Å². The molecule has 5 nitrogen and oxygen atoms in total. The molecule has 14 heavy (non-hydrogen) atoms.